The second kappa shape index (κ2) is 36.4. The predicted octanol–water partition coefficient (Wildman–Crippen LogP) is 11.1. The molecular weight excluding hydrogens is 701 g/mol. The van der Waals surface area contributed by atoms with E-state index in [4.69, 9.17) is 18.5 Å². The Kier molecular flexibility index (Phi) is 34.8. The lowest BCUT2D eigenvalue weighted by Gasteiger charge is -2.28. The number of nitrogens with zero attached hydrogens (tertiary/aromatic N) is 1. The standard InChI is InChI=1S/C44H78NO8P/c1-6-8-10-12-14-16-18-20-22-24-26-28-30-32-34-36-43(46)50-40-42(41-52-54(48,49)51-39-38-45(3,4)5)53-44(47)37-35-33-31-29-27-25-23-21-19-17-15-13-11-9-7-2/h8,10,14,16-17,19-23,42H,6-7,9,11-13,15,18,24-41H2,1-5H3/b10-8+,16-14+,19-17+,22-20+,23-21+/t42-/m1/s1. The summed E-state index contributed by atoms with van der Waals surface area (Å²) in [4.78, 5) is 37.5. The fraction of sp³-hybridized carbons (Fsp3) is 0.727. The minimum atomic E-state index is -4.63. The fourth-order valence-electron chi connectivity index (χ4n) is 5.25. The van der Waals surface area contributed by atoms with Crippen molar-refractivity contribution in [1.82, 2.24) is 0 Å². The van der Waals surface area contributed by atoms with Crippen molar-refractivity contribution in [1.29, 1.82) is 0 Å². The highest BCUT2D eigenvalue weighted by molar-refractivity contribution is 7.45. The van der Waals surface area contributed by atoms with Crippen molar-refractivity contribution in [2.24, 2.45) is 0 Å². The quantitative estimate of drug-likeness (QED) is 0.0153. The van der Waals surface area contributed by atoms with Gasteiger partial charge in [-0.3, -0.25) is 14.2 Å². The average molecular weight is 780 g/mol. The molecule has 0 aliphatic carbocycles. The molecule has 0 rings (SSSR count). The van der Waals surface area contributed by atoms with Gasteiger partial charge in [0.25, 0.3) is 7.82 Å². The first kappa shape index (κ1) is 51.7. The maximum absolute atomic E-state index is 12.6. The molecule has 0 saturated heterocycles. The van der Waals surface area contributed by atoms with E-state index in [1.807, 2.05) is 21.1 Å². The zero-order valence-corrected chi connectivity index (χ0v) is 35.8. The van der Waals surface area contributed by atoms with E-state index in [1.165, 1.54) is 25.7 Å². The number of ether oxygens (including phenoxy) is 2. The van der Waals surface area contributed by atoms with Gasteiger partial charge in [-0.15, -0.1) is 0 Å². The number of phosphoric acid groups is 1. The SMILES string of the molecule is CC/C=C/C/C=C/C/C=C/CCCCCCCC(=O)OC[C@H](COP(=O)([O-])OCC[N+](C)(C)C)OC(=O)CCCCCCC/C=C/C=C/CCCCCC. The summed E-state index contributed by atoms with van der Waals surface area (Å²) >= 11 is 0. The van der Waals surface area contributed by atoms with Gasteiger partial charge in [0.2, 0.25) is 0 Å². The van der Waals surface area contributed by atoms with Gasteiger partial charge >= 0.3 is 11.9 Å². The Bertz CT molecular complexity index is 1110. The van der Waals surface area contributed by atoms with Crippen molar-refractivity contribution >= 4 is 19.8 Å². The van der Waals surface area contributed by atoms with Gasteiger partial charge < -0.3 is 27.9 Å². The summed E-state index contributed by atoms with van der Waals surface area (Å²) < 4.78 is 33.8. The Hall–Kier alpha value is -2.29. The highest BCUT2D eigenvalue weighted by atomic mass is 31.2. The summed E-state index contributed by atoms with van der Waals surface area (Å²) in [5.41, 5.74) is 0. The predicted molar refractivity (Wildman–Crippen MR) is 222 cm³/mol. The number of carbonyl (C=O) groups is 2. The van der Waals surface area contributed by atoms with Gasteiger partial charge in [0.15, 0.2) is 6.10 Å². The molecule has 0 aromatic heterocycles. The Labute approximate surface area is 330 Å². The maximum Gasteiger partial charge on any atom is 0.306 e. The molecule has 0 bridgehead atoms. The molecule has 0 aromatic rings. The Morgan fingerprint density at radius 1 is 0.611 bits per heavy atom. The summed E-state index contributed by atoms with van der Waals surface area (Å²) in [5.74, 6) is -0.878. The van der Waals surface area contributed by atoms with Crippen molar-refractivity contribution < 1.29 is 42.1 Å². The van der Waals surface area contributed by atoms with E-state index in [-0.39, 0.29) is 26.1 Å². The number of likely N-dealkylation sites (N-methyl/N-ethyl adjacent to an activating group) is 1. The molecule has 0 radical (unpaired) electrons. The molecule has 2 atom stereocenters. The van der Waals surface area contributed by atoms with Crippen LogP contribution in [0.1, 0.15) is 155 Å². The van der Waals surface area contributed by atoms with E-state index in [1.54, 1.807) is 0 Å². The molecule has 54 heavy (non-hydrogen) atoms. The van der Waals surface area contributed by atoms with Gasteiger partial charge in [0, 0.05) is 12.8 Å². The minimum Gasteiger partial charge on any atom is -0.756 e. The van der Waals surface area contributed by atoms with Crippen LogP contribution in [0.2, 0.25) is 0 Å². The molecule has 0 fully saturated rings. The molecule has 0 aliphatic heterocycles. The number of carbonyl (C=O) groups excluding carboxylic acids is 2. The number of allylic oxidation sites excluding steroid dienone is 10. The topological polar surface area (TPSA) is 111 Å². The normalized spacial score (nSPS) is 14.3. The van der Waals surface area contributed by atoms with Crippen molar-refractivity contribution in [3.8, 4) is 0 Å². The van der Waals surface area contributed by atoms with Crippen LogP contribution in [-0.4, -0.2) is 70.0 Å². The number of rotatable bonds is 37. The first-order valence-corrected chi connectivity index (χ1v) is 22.5. The molecular formula is C44H78NO8P. The summed E-state index contributed by atoms with van der Waals surface area (Å²) in [6.07, 6.45) is 42.4. The highest BCUT2D eigenvalue weighted by Crippen LogP contribution is 2.38. The van der Waals surface area contributed by atoms with Gasteiger partial charge in [-0.25, -0.2) is 0 Å². The number of quaternary nitrogens is 1. The zero-order chi connectivity index (χ0) is 40.0. The zero-order valence-electron chi connectivity index (χ0n) is 34.9. The number of esters is 2. The van der Waals surface area contributed by atoms with Crippen molar-refractivity contribution in [3.05, 3.63) is 60.8 Å². The smallest absolute Gasteiger partial charge is 0.306 e. The highest BCUT2D eigenvalue weighted by Gasteiger charge is 2.21. The molecule has 9 nitrogen and oxygen atoms in total. The third kappa shape index (κ3) is 39.4. The second-order valence-electron chi connectivity index (χ2n) is 15.0. The minimum absolute atomic E-state index is 0.0397. The van der Waals surface area contributed by atoms with Crippen LogP contribution >= 0.6 is 7.82 Å². The molecule has 0 heterocycles. The molecule has 0 saturated carbocycles. The maximum atomic E-state index is 12.6. The Morgan fingerprint density at radius 2 is 1.11 bits per heavy atom. The van der Waals surface area contributed by atoms with Crippen LogP contribution < -0.4 is 4.89 Å². The van der Waals surface area contributed by atoms with Gasteiger partial charge in [0.1, 0.15) is 19.8 Å². The molecule has 0 aromatic carbocycles. The Morgan fingerprint density at radius 3 is 1.69 bits per heavy atom. The first-order valence-electron chi connectivity index (χ1n) is 21.0. The van der Waals surface area contributed by atoms with Crippen LogP contribution in [0, 0.1) is 0 Å². The van der Waals surface area contributed by atoms with Crippen LogP contribution in [-0.2, 0) is 32.7 Å². The van der Waals surface area contributed by atoms with Crippen LogP contribution in [0.3, 0.4) is 0 Å². The van der Waals surface area contributed by atoms with E-state index >= 15 is 0 Å². The molecule has 1 unspecified atom stereocenters. The largest absolute Gasteiger partial charge is 0.756 e. The number of unbranched alkanes of at least 4 members (excludes halogenated alkanes) is 14. The third-order valence-electron chi connectivity index (χ3n) is 8.55. The molecule has 0 spiro atoms. The van der Waals surface area contributed by atoms with E-state index in [0.717, 1.165) is 89.9 Å². The molecule has 0 N–H and O–H groups in total. The van der Waals surface area contributed by atoms with E-state index in [0.29, 0.717) is 23.9 Å². The van der Waals surface area contributed by atoms with Crippen LogP contribution in [0.15, 0.2) is 60.8 Å². The number of hydrogen-bond acceptors (Lipinski definition) is 8. The van der Waals surface area contributed by atoms with Crippen molar-refractivity contribution in [2.45, 2.75) is 161 Å². The van der Waals surface area contributed by atoms with Crippen LogP contribution in [0.4, 0.5) is 0 Å². The monoisotopic (exact) mass is 780 g/mol. The summed E-state index contributed by atoms with van der Waals surface area (Å²) in [6, 6.07) is 0. The average Bonchev–Trinajstić information content (AvgIpc) is 3.12. The van der Waals surface area contributed by atoms with E-state index < -0.39 is 32.5 Å². The van der Waals surface area contributed by atoms with Gasteiger partial charge in [-0.1, -0.05) is 132 Å². The lowest BCUT2D eigenvalue weighted by Crippen LogP contribution is -2.37. The van der Waals surface area contributed by atoms with Gasteiger partial charge in [-0.2, -0.15) is 0 Å². The Balaban J connectivity index is 4.46. The fourth-order valence-corrected chi connectivity index (χ4v) is 5.97. The third-order valence-corrected chi connectivity index (χ3v) is 9.51. The summed E-state index contributed by atoms with van der Waals surface area (Å²) in [7, 11) is 1.13. The lowest BCUT2D eigenvalue weighted by molar-refractivity contribution is -0.870. The molecule has 312 valence electrons. The van der Waals surface area contributed by atoms with Crippen LogP contribution in [0.25, 0.3) is 0 Å². The molecule has 10 heteroatoms. The first-order chi connectivity index (χ1) is 26.0. The second-order valence-corrected chi connectivity index (χ2v) is 16.4. The molecule has 0 amide bonds. The van der Waals surface area contributed by atoms with Gasteiger partial charge in [0.05, 0.1) is 27.7 Å². The van der Waals surface area contributed by atoms with Gasteiger partial charge in [-0.05, 0) is 70.6 Å². The lowest BCUT2D eigenvalue weighted by atomic mass is 10.1. The van der Waals surface area contributed by atoms with E-state index in [9.17, 15) is 19.0 Å². The number of hydrogen-bond donors (Lipinski definition) is 0. The van der Waals surface area contributed by atoms with Crippen LogP contribution in [0.5, 0.6) is 0 Å². The molecule has 0 aliphatic rings. The van der Waals surface area contributed by atoms with Crippen molar-refractivity contribution in [3.63, 3.8) is 0 Å². The number of phosphoric ester groups is 1. The van der Waals surface area contributed by atoms with Crippen molar-refractivity contribution in [2.75, 3.05) is 47.5 Å². The van der Waals surface area contributed by atoms with E-state index in [2.05, 4.69) is 74.6 Å². The summed E-state index contributed by atoms with van der Waals surface area (Å²) in [6.45, 7) is 4.03. The summed E-state index contributed by atoms with van der Waals surface area (Å²) in [5, 5.41) is 0.